The Bertz CT molecular complexity index is 2050. The van der Waals surface area contributed by atoms with Gasteiger partial charge < -0.3 is 5.11 Å². The minimum atomic E-state index is -4.26. The van der Waals surface area contributed by atoms with Crippen molar-refractivity contribution < 1.29 is 43.2 Å². The van der Waals surface area contributed by atoms with Gasteiger partial charge in [0, 0.05) is 63.7 Å². The third kappa shape index (κ3) is 8.86. The average molecular weight is 881 g/mol. The summed E-state index contributed by atoms with van der Waals surface area (Å²) in [5, 5.41) is 13.9. The van der Waals surface area contributed by atoms with Gasteiger partial charge in [0.2, 0.25) is 0 Å². The molecule has 1 radical (unpaired) electrons. The summed E-state index contributed by atoms with van der Waals surface area (Å²) >= 11 is 1.61. The van der Waals surface area contributed by atoms with Crippen molar-refractivity contribution in [2.75, 3.05) is 0 Å². The van der Waals surface area contributed by atoms with E-state index in [0.717, 1.165) is 47.9 Å². The molecule has 0 unspecified atom stereocenters. The summed E-state index contributed by atoms with van der Waals surface area (Å²) in [7, 11) is 0. The minimum absolute atomic E-state index is 0. The van der Waals surface area contributed by atoms with Gasteiger partial charge in [0.25, 0.3) is 0 Å². The number of aliphatic hydroxyl groups is 1. The molecular formula is C42H49F3IrNO2S-. The number of halogens is 3. The fourth-order valence-corrected chi connectivity index (χ4v) is 6.76. The van der Waals surface area contributed by atoms with Crippen molar-refractivity contribution in [2.45, 2.75) is 101 Å². The predicted molar refractivity (Wildman–Crippen MR) is 201 cm³/mol. The topological polar surface area (TPSA) is 50.2 Å². The van der Waals surface area contributed by atoms with E-state index in [0.29, 0.717) is 0 Å². The Morgan fingerprint density at radius 3 is 2.00 bits per heavy atom. The number of aryl methyl sites for hydroxylation is 1. The number of hydrogen-bond acceptors (Lipinski definition) is 4. The van der Waals surface area contributed by atoms with Crippen LogP contribution in [0, 0.1) is 29.2 Å². The van der Waals surface area contributed by atoms with Crippen LogP contribution in [0.1, 0.15) is 92.9 Å². The molecule has 0 aliphatic carbocycles. The fraction of sp³-hybridized carbons (Fsp3) is 0.429. The first-order valence-corrected chi connectivity index (χ1v) is 17.4. The minimum Gasteiger partial charge on any atom is -0.512 e. The molecule has 0 spiro atoms. The second-order valence-electron chi connectivity index (χ2n) is 16.7. The molecule has 0 aliphatic heterocycles. The first-order chi connectivity index (χ1) is 22.3. The van der Waals surface area contributed by atoms with E-state index in [4.69, 9.17) is 4.98 Å². The van der Waals surface area contributed by atoms with E-state index in [1.807, 2.05) is 78.9 Å². The van der Waals surface area contributed by atoms with Crippen LogP contribution >= 0.6 is 11.3 Å². The molecule has 0 atom stereocenters. The van der Waals surface area contributed by atoms with Gasteiger partial charge in [0.1, 0.15) is 5.76 Å². The normalized spacial score (nSPS) is 13.3. The van der Waals surface area contributed by atoms with Crippen LogP contribution < -0.4 is 0 Å². The molecule has 5 aromatic rings. The van der Waals surface area contributed by atoms with E-state index in [9.17, 15) is 23.1 Å². The van der Waals surface area contributed by atoms with Gasteiger partial charge in [-0.1, -0.05) is 117 Å². The number of pyridine rings is 1. The van der Waals surface area contributed by atoms with Gasteiger partial charge in [-0.25, -0.2) is 0 Å². The van der Waals surface area contributed by atoms with E-state index in [1.54, 1.807) is 11.3 Å². The van der Waals surface area contributed by atoms with Crippen molar-refractivity contribution >= 4 is 48.1 Å². The van der Waals surface area contributed by atoms with Crippen LogP contribution in [-0.2, 0) is 36.7 Å². The van der Waals surface area contributed by atoms with Crippen molar-refractivity contribution in [1.82, 2.24) is 4.98 Å². The molecule has 50 heavy (non-hydrogen) atoms. The Labute approximate surface area is 312 Å². The van der Waals surface area contributed by atoms with Crippen molar-refractivity contribution in [3.63, 3.8) is 0 Å². The molecule has 0 saturated heterocycles. The quantitative estimate of drug-likeness (QED) is 0.111. The van der Waals surface area contributed by atoms with Crippen molar-refractivity contribution in [2.24, 2.45) is 16.2 Å². The Balaban J connectivity index is 0.000000414. The van der Waals surface area contributed by atoms with Crippen molar-refractivity contribution in [1.29, 1.82) is 0 Å². The number of rotatable bonds is 4. The number of thiophene rings is 1. The summed E-state index contributed by atoms with van der Waals surface area (Å²) in [5.74, 6) is 0.104. The number of allylic oxidation sites excluding steroid dienone is 2. The van der Waals surface area contributed by atoms with Crippen LogP contribution in [0.2, 0.25) is 0 Å². The Kier molecular flexibility index (Phi) is 12.0. The number of benzene rings is 3. The van der Waals surface area contributed by atoms with Gasteiger partial charge in [0.15, 0.2) is 5.78 Å². The summed E-state index contributed by atoms with van der Waals surface area (Å²) in [4.78, 5) is 16.3. The zero-order chi connectivity index (χ0) is 36.9. The summed E-state index contributed by atoms with van der Waals surface area (Å²) in [6.07, 6.45) is -1.16. The molecule has 271 valence electrons. The average Bonchev–Trinajstić information content (AvgIpc) is 3.36. The molecule has 0 amide bonds. The molecule has 5 rings (SSSR count). The van der Waals surface area contributed by atoms with Gasteiger partial charge in [-0.15, -0.1) is 40.5 Å². The SMILES string of the molecule is CC(C)(C)C(=O)/C=C(\O)C(C)(C)C.Cc1c(CC(C)(C)C(F)(F)F)ccc2c1sc1c(-c3[c-]c4ccccc4c(C(C)(C)C)c3)nccc12.[Ir]. The molecule has 3 nitrogen and oxygen atoms in total. The van der Waals surface area contributed by atoms with E-state index in [-0.39, 0.29) is 48.9 Å². The number of nitrogens with zero attached hydrogens (tertiary/aromatic N) is 1. The van der Waals surface area contributed by atoms with Crippen LogP contribution in [-0.4, -0.2) is 22.1 Å². The Hall–Kier alpha value is -3.06. The molecule has 8 heteroatoms. The van der Waals surface area contributed by atoms with Gasteiger partial charge in [-0.05, 0) is 41.3 Å². The third-order valence-electron chi connectivity index (χ3n) is 8.93. The van der Waals surface area contributed by atoms with Crippen LogP contribution in [0.4, 0.5) is 13.2 Å². The summed E-state index contributed by atoms with van der Waals surface area (Å²) in [6, 6.07) is 19.9. The smallest absolute Gasteiger partial charge is 0.394 e. The first-order valence-electron chi connectivity index (χ1n) is 16.6. The summed E-state index contributed by atoms with van der Waals surface area (Å²) < 4.78 is 42.8. The van der Waals surface area contributed by atoms with Crippen LogP contribution in [0.5, 0.6) is 0 Å². The molecule has 2 aromatic heterocycles. The maximum absolute atomic E-state index is 13.6. The molecule has 1 N–H and O–H groups in total. The number of ketones is 1. The first kappa shape index (κ1) is 41.4. The van der Waals surface area contributed by atoms with E-state index in [2.05, 4.69) is 51.1 Å². The van der Waals surface area contributed by atoms with E-state index >= 15 is 0 Å². The van der Waals surface area contributed by atoms with E-state index < -0.39 is 17.0 Å². The van der Waals surface area contributed by atoms with Crippen molar-refractivity contribution in [3.8, 4) is 11.3 Å². The number of carbonyl (C=O) groups excluding carboxylic acids is 1. The Morgan fingerprint density at radius 1 is 0.840 bits per heavy atom. The number of alkyl halides is 3. The van der Waals surface area contributed by atoms with Crippen LogP contribution in [0.15, 0.2) is 66.6 Å². The molecule has 0 fully saturated rings. The van der Waals surface area contributed by atoms with Crippen molar-refractivity contribution in [3.05, 3.63) is 89.3 Å². The molecule has 0 aliphatic rings. The number of aromatic nitrogens is 1. The monoisotopic (exact) mass is 881 g/mol. The Morgan fingerprint density at radius 2 is 1.44 bits per heavy atom. The summed E-state index contributed by atoms with van der Waals surface area (Å²) in [6.45, 7) is 22.2. The maximum Gasteiger partial charge on any atom is 0.394 e. The second-order valence-corrected chi connectivity index (χ2v) is 17.7. The maximum atomic E-state index is 13.6. The number of hydrogen-bond donors (Lipinski definition) is 1. The molecule has 0 bridgehead atoms. The molecule has 2 heterocycles. The van der Waals surface area contributed by atoms with Crippen LogP contribution in [0.25, 0.3) is 42.2 Å². The number of fused-ring (bicyclic) bond motifs is 4. The standard InChI is InChI=1S/C31H29F3NS.C11H20O2.Ir/c1-18-20(17-30(5,6)31(32,33)34)11-12-23-24-13-14-35-26(28(24)36-27(18)23)21-15-19-9-7-8-10-22(19)25(16-21)29(2,3)4;1-10(2,3)8(12)7-9(13)11(4,5)6;/h7-14,16H,17H2,1-6H3;7,12H,1-6H3;/q-1;;/b;8-7-;. The molecule has 3 aromatic carbocycles. The largest absolute Gasteiger partial charge is 0.512 e. The zero-order valence-electron chi connectivity index (χ0n) is 31.2. The molecule has 0 saturated carbocycles. The third-order valence-corrected chi connectivity index (χ3v) is 10.3. The number of aliphatic hydroxyl groups excluding tert-OH is 1. The van der Waals surface area contributed by atoms with Gasteiger partial charge in [-0.3, -0.25) is 9.78 Å². The fourth-order valence-electron chi connectivity index (χ4n) is 5.44. The number of carbonyl (C=O) groups is 1. The predicted octanol–water partition coefficient (Wildman–Crippen LogP) is 12.9. The second kappa shape index (κ2) is 14.5. The zero-order valence-corrected chi connectivity index (χ0v) is 34.4. The molecular weight excluding hydrogens is 832 g/mol. The van der Waals surface area contributed by atoms with Gasteiger partial charge in [0.05, 0.1) is 5.41 Å². The van der Waals surface area contributed by atoms with Gasteiger partial charge >= 0.3 is 6.18 Å². The van der Waals surface area contributed by atoms with Crippen LogP contribution in [0.3, 0.4) is 0 Å². The van der Waals surface area contributed by atoms with E-state index in [1.165, 1.54) is 30.9 Å². The summed E-state index contributed by atoms with van der Waals surface area (Å²) in [5.41, 5.74) is 2.06. The van der Waals surface area contributed by atoms with Gasteiger partial charge in [-0.2, -0.15) is 13.2 Å².